The zero-order valence-electron chi connectivity index (χ0n) is 19.0. The molecule has 3 aromatic rings. The fourth-order valence-corrected chi connectivity index (χ4v) is 4.39. The van der Waals surface area contributed by atoms with Gasteiger partial charge in [-0.25, -0.2) is 5.01 Å². The fraction of sp³-hybridized carbons (Fsp3) is 0.208. The highest BCUT2D eigenvalue weighted by Gasteiger charge is 2.34. The van der Waals surface area contributed by atoms with Crippen LogP contribution in [0.2, 0.25) is 0 Å². The number of methoxy groups -OCH3 is 2. The highest BCUT2D eigenvalue weighted by atomic mass is 32.1. The number of hydrazone groups is 1. The third-order valence-corrected chi connectivity index (χ3v) is 6.27. The van der Waals surface area contributed by atoms with Crippen LogP contribution >= 0.6 is 11.3 Å². The summed E-state index contributed by atoms with van der Waals surface area (Å²) in [7, 11) is 3.11. The molecule has 2 aromatic carbocycles. The van der Waals surface area contributed by atoms with Crippen molar-refractivity contribution in [1.82, 2.24) is 5.01 Å². The van der Waals surface area contributed by atoms with Crippen molar-refractivity contribution in [2.24, 2.45) is 10.3 Å². The molecule has 1 aliphatic heterocycles. The molecule has 1 aromatic heterocycles. The minimum Gasteiger partial charge on any atom is -0.493 e. The number of carbonyl (C=O) groups excluding carboxylic acids is 1. The van der Waals surface area contributed by atoms with Gasteiger partial charge in [0.1, 0.15) is 0 Å². The summed E-state index contributed by atoms with van der Waals surface area (Å²) in [6.45, 7) is -0.387. The predicted octanol–water partition coefficient (Wildman–Crippen LogP) is 4.40. The summed E-state index contributed by atoms with van der Waals surface area (Å²) >= 11 is 1.54. The molecule has 0 spiro atoms. The largest absolute Gasteiger partial charge is 0.493 e. The second kappa shape index (κ2) is 10.8. The number of thiophene rings is 1. The molecule has 0 N–H and O–H groups in total. The SMILES string of the molecule is COc1ccc(C2CC(c3cccs3)=NN2C(=O)CO/N=C/c2ccccc2[N+](=O)[O-])cc1OC. The van der Waals surface area contributed by atoms with Gasteiger partial charge in [0, 0.05) is 12.5 Å². The average molecular weight is 495 g/mol. The molecule has 10 nitrogen and oxygen atoms in total. The van der Waals surface area contributed by atoms with Crippen molar-refractivity contribution in [2.75, 3.05) is 20.8 Å². The number of amides is 1. The van der Waals surface area contributed by atoms with Crippen LogP contribution in [0.1, 0.15) is 28.5 Å². The van der Waals surface area contributed by atoms with Gasteiger partial charge < -0.3 is 14.3 Å². The molecular formula is C24H22N4O6S. The Labute approximate surface area is 205 Å². The molecule has 4 rings (SSSR count). The number of nitro benzene ring substituents is 1. The molecule has 1 amide bonds. The molecule has 0 saturated heterocycles. The Morgan fingerprint density at radius 3 is 2.71 bits per heavy atom. The van der Waals surface area contributed by atoms with E-state index in [2.05, 4.69) is 10.3 Å². The zero-order chi connectivity index (χ0) is 24.8. The first kappa shape index (κ1) is 23.9. The van der Waals surface area contributed by atoms with Gasteiger partial charge in [0.05, 0.1) is 47.6 Å². The fourth-order valence-electron chi connectivity index (χ4n) is 3.67. The van der Waals surface area contributed by atoms with Gasteiger partial charge in [-0.05, 0) is 35.2 Å². The van der Waals surface area contributed by atoms with Crippen molar-refractivity contribution in [3.8, 4) is 11.5 Å². The summed E-state index contributed by atoms with van der Waals surface area (Å²) in [5.41, 5.74) is 1.78. The molecule has 0 aliphatic carbocycles. The van der Waals surface area contributed by atoms with Gasteiger partial charge in [-0.15, -0.1) is 11.3 Å². The van der Waals surface area contributed by atoms with E-state index in [1.165, 1.54) is 23.4 Å². The van der Waals surface area contributed by atoms with Crippen LogP contribution in [0.4, 0.5) is 5.69 Å². The molecule has 0 bridgehead atoms. The van der Waals surface area contributed by atoms with E-state index in [0.717, 1.165) is 16.2 Å². The molecule has 2 heterocycles. The highest BCUT2D eigenvalue weighted by Crippen LogP contribution is 2.37. The van der Waals surface area contributed by atoms with E-state index < -0.39 is 10.8 Å². The molecule has 35 heavy (non-hydrogen) atoms. The number of rotatable bonds is 9. The summed E-state index contributed by atoms with van der Waals surface area (Å²) < 4.78 is 10.7. The summed E-state index contributed by atoms with van der Waals surface area (Å²) in [6.07, 6.45) is 1.72. The van der Waals surface area contributed by atoms with Gasteiger partial charge in [-0.2, -0.15) is 5.10 Å². The maximum atomic E-state index is 13.1. The van der Waals surface area contributed by atoms with Crippen molar-refractivity contribution in [2.45, 2.75) is 12.5 Å². The number of oxime groups is 1. The molecule has 1 aliphatic rings. The van der Waals surface area contributed by atoms with Crippen molar-refractivity contribution in [3.63, 3.8) is 0 Å². The maximum absolute atomic E-state index is 13.1. The van der Waals surface area contributed by atoms with Crippen LogP contribution in [0.15, 0.2) is 70.2 Å². The predicted molar refractivity (Wildman–Crippen MR) is 131 cm³/mol. The normalized spacial score (nSPS) is 15.2. The number of carbonyl (C=O) groups is 1. The van der Waals surface area contributed by atoms with Gasteiger partial charge >= 0.3 is 0 Å². The van der Waals surface area contributed by atoms with E-state index >= 15 is 0 Å². The van der Waals surface area contributed by atoms with Crippen LogP contribution in [0.25, 0.3) is 0 Å². The number of ether oxygens (including phenoxy) is 2. The molecule has 180 valence electrons. The Kier molecular flexibility index (Phi) is 7.36. The third kappa shape index (κ3) is 5.30. The Morgan fingerprint density at radius 2 is 2.00 bits per heavy atom. The quantitative estimate of drug-likeness (QED) is 0.247. The Balaban J connectivity index is 1.52. The van der Waals surface area contributed by atoms with Crippen molar-refractivity contribution in [3.05, 3.63) is 86.1 Å². The Hall–Kier alpha value is -4.25. The third-order valence-electron chi connectivity index (χ3n) is 5.35. The van der Waals surface area contributed by atoms with Crippen LogP contribution < -0.4 is 9.47 Å². The number of nitrogens with zero attached hydrogens (tertiary/aromatic N) is 4. The van der Waals surface area contributed by atoms with Gasteiger partial charge in [0.15, 0.2) is 18.1 Å². The van der Waals surface area contributed by atoms with Crippen LogP contribution in [0, 0.1) is 10.1 Å². The first-order chi connectivity index (χ1) is 17.0. The van der Waals surface area contributed by atoms with Gasteiger partial charge in [-0.3, -0.25) is 14.9 Å². The molecule has 1 unspecified atom stereocenters. The van der Waals surface area contributed by atoms with Crippen molar-refractivity contribution in [1.29, 1.82) is 0 Å². The smallest absolute Gasteiger partial charge is 0.283 e. The van der Waals surface area contributed by atoms with E-state index in [1.807, 2.05) is 29.6 Å². The molecule has 0 radical (unpaired) electrons. The monoisotopic (exact) mass is 494 g/mol. The van der Waals surface area contributed by atoms with E-state index in [-0.39, 0.29) is 23.9 Å². The van der Waals surface area contributed by atoms with E-state index in [0.29, 0.717) is 17.9 Å². The second-order valence-electron chi connectivity index (χ2n) is 7.42. The lowest BCUT2D eigenvalue weighted by Gasteiger charge is -2.22. The average Bonchev–Trinajstić information content (AvgIpc) is 3.56. The molecule has 0 saturated carbocycles. The zero-order valence-corrected chi connectivity index (χ0v) is 19.8. The minimum absolute atomic E-state index is 0.107. The van der Waals surface area contributed by atoms with Crippen LogP contribution in [-0.4, -0.2) is 48.6 Å². The summed E-state index contributed by atoms with van der Waals surface area (Å²) in [4.78, 5) is 29.8. The summed E-state index contributed by atoms with van der Waals surface area (Å²) in [5, 5.41) is 22.8. The number of hydrogen-bond acceptors (Lipinski definition) is 9. The maximum Gasteiger partial charge on any atom is 0.283 e. The first-order valence-electron chi connectivity index (χ1n) is 10.6. The standard InChI is InChI=1S/C24H22N4O6S/c1-32-21-10-9-16(12-22(21)33-2)20-13-18(23-8-5-11-35-23)26-27(20)24(29)15-34-25-14-17-6-3-4-7-19(17)28(30)31/h3-12,14,20H,13,15H2,1-2H3/b25-14+. The summed E-state index contributed by atoms with van der Waals surface area (Å²) in [6, 6.07) is 15.1. The van der Waals surface area contributed by atoms with Crippen LogP contribution in [0.5, 0.6) is 11.5 Å². The number of benzene rings is 2. The molecule has 11 heteroatoms. The molecular weight excluding hydrogens is 472 g/mol. The van der Waals surface area contributed by atoms with E-state index in [9.17, 15) is 14.9 Å². The van der Waals surface area contributed by atoms with Gasteiger partial charge in [0.2, 0.25) is 0 Å². The van der Waals surface area contributed by atoms with Crippen molar-refractivity contribution < 1.29 is 24.0 Å². The second-order valence-corrected chi connectivity index (χ2v) is 8.37. The van der Waals surface area contributed by atoms with Crippen LogP contribution in [0.3, 0.4) is 0 Å². The van der Waals surface area contributed by atoms with Crippen LogP contribution in [-0.2, 0) is 9.63 Å². The number of nitro groups is 1. The Bertz CT molecular complexity index is 1270. The topological polar surface area (TPSA) is 116 Å². The lowest BCUT2D eigenvalue weighted by atomic mass is 10.0. The number of hydrogen-bond donors (Lipinski definition) is 0. The number of para-hydroxylation sites is 1. The minimum atomic E-state index is -0.509. The van der Waals surface area contributed by atoms with E-state index in [4.69, 9.17) is 14.3 Å². The van der Waals surface area contributed by atoms with Crippen molar-refractivity contribution >= 4 is 34.9 Å². The first-order valence-corrected chi connectivity index (χ1v) is 11.4. The highest BCUT2D eigenvalue weighted by molar-refractivity contribution is 7.12. The lowest BCUT2D eigenvalue weighted by molar-refractivity contribution is -0.385. The lowest BCUT2D eigenvalue weighted by Crippen LogP contribution is -2.30. The Morgan fingerprint density at radius 1 is 1.20 bits per heavy atom. The molecule has 0 fully saturated rings. The van der Waals surface area contributed by atoms with Gasteiger partial charge in [0.25, 0.3) is 11.6 Å². The van der Waals surface area contributed by atoms with Gasteiger partial charge in [-0.1, -0.05) is 29.4 Å². The summed E-state index contributed by atoms with van der Waals surface area (Å²) in [5.74, 6) is 0.725. The molecule has 1 atom stereocenters. The van der Waals surface area contributed by atoms with E-state index in [1.54, 1.807) is 43.8 Å².